The number of aromatic nitrogens is 1. The molecule has 0 N–H and O–H groups in total. The Morgan fingerprint density at radius 1 is 1.47 bits per heavy atom. The second-order valence-corrected chi connectivity index (χ2v) is 6.57. The third-order valence-corrected chi connectivity index (χ3v) is 4.85. The van der Waals surface area contributed by atoms with Gasteiger partial charge in [-0.15, -0.1) is 0 Å². The van der Waals surface area contributed by atoms with Crippen molar-refractivity contribution in [2.45, 2.75) is 52.4 Å². The zero-order valence-corrected chi connectivity index (χ0v) is 13.0. The highest BCUT2D eigenvalue weighted by Crippen LogP contribution is 2.35. The minimum Gasteiger partial charge on any atom is -0.348 e. The number of anilines is 1. The molecule has 0 aliphatic heterocycles. The van der Waals surface area contributed by atoms with Crippen LogP contribution in [-0.2, 0) is 0 Å². The van der Waals surface area contributed by atoms with Crippen molar-refractivity contribution in [1.82, 2.24) is 4.98 Å². The number of carbonyl (C=O) groups excluding carboxylic acids is 1. The Morgan fingerprint density at radius 2 is 2.21 bits per heavy atom. The summed E-state index contributed by atoms with van der Waals surface area (Å²) in [5.41, 5.74) is 0.995. The number of rotatable bonds is 8. The van der Waals surface area contributed by atoms with E-state index in [0.717, 1.165) is 53.8 Å². The van der Waals surface area contributed by atoms with E-state index in [1.807, 2.05) is 0 Å². The fourth-order valence-electron chi connectivity index (χ4n) is 2.24. The van der Waals surface area contributed by atoms with Gasteiger partial charge in [-0.3, -0.25) is 4.79 Å². The third kappa shape index (κ3) is 3.56. The van der Waals surface area contributed by atoms with Crippen LogP contribution in [0.4, 0.5) is 5.13 Å². The Kier molecular flexibility index (Phi) is 4.97. The molecule has 1 saturated carbocycles. The predicted octanol–water partition coefficient (Wildman–Crippen LogP) is 4.10. The lowest BCUT2D eigenvalue weighted by atomic mass is 10.0. The summed E-state index contributed by atoms with van der Waals surface area (Å²) < 4.78 is 0. The molecular weight excluding hydrogens is 256 g/mol. The Balaban J connectivity index is 2.20. The monoisotopic (exact) mass is 280 g/mol. The summed E-state index contributed by atoms with van der Waals surface area (Å²) >= 11 is 1.57. The highest BCUT2D eigenvalue weighted by Gasteiger charge is 2.26. The molecule has 1 aliphatic rings. The molecule has 0 radical (unpaired) electrons. The fraction of sp³-hybridized carbons (Fsp3) is 0.733. The summed E-state index contributed by atoms with van der Waals surface area (Å²) in [5.74, 6) is 1.22. The summed E-state index contributed by atoms with van der Waals surface area (Å²) in [5, 5.41) is 1.05. The van der Waals surface area contributed by atoms with Gasteiger partial charge in [0.05, 0.1) is 10.6 Å². The summed E-state index contributed by atoms with van der Waals surface area (Å²) in [6.45, 7) is 8.65. The van der Waals surface area contributed by atoms with Gasteiger partial charge in [0.25, 0.3) is 0 Å². The van der Waals surface area contributed by atoms with Crippen LogP contribution in [0.1, 0.15) is 67.7 Å². The van der Waals surface area contributed by atoms with Gasteiger partial charge in [0.2, 0.25) is 0 Å². The average molecular weight is 280 g/mol. The largest absolute Gasteiger partial charge is 0.348 e. The molecule has 0 spiro atoms. The van der Waals surface area contributed by atoms with Crippen molar-refractivity contribution in [1.29, 1.82) is 0 Å². The molecule has 1 fully saturated rings. The predicted molar refractivity (Wildman–Crippen MR) is 81.4 cm³/mol. The van der Waals surface area contributed by atoms with E-state index in [4.69, 9.17) is 4.98 Å². The average Bonchev–Trinajstić information content (AvgIpc) is 3.13. The van der Waals surface area contributed by atoms with Crippen LogP contribution < -0.4 is 4.90 Å². The second-order valence-electron chi connectivity index (χ2n) is 5.56. The molecule has 1 unspecified atom stereocenters. The van der Waals surface area contributed by atoms with E-state index in [-0.39, 0.29) is 0 Å². The van der Waals surface area contributed by atoms with Crippen LogP contribution in [0.25, 0.3) is 0 Å². The van der Waals surface area contributed by atoms with Gasteiger partial charge in [0.15, 0.2) is 11.4 Å². The number of aldehydes is 1. The summed E-state index contributed by atoms with van der Waals surface area (Å²) in [6, 6.07) is 0. The molecule has 1 aromatic rings. The topological polar surface area (TPSA) is 33.2 Å². The Bertz CT molecular complexity index is 426. The normalized spacial score (nSPS) is 16.4. The van der Waals surface area contributed by atoms with E-state index in [2.05, 4.69) is 25.7 Å². The maximum atomic E-state index is 11.2. The molecule has 19 heavy (non-hydrogen) atoms. The standard InChI is InChI=1S/C15H24N2OS/c1-4-8-17(9-12-6-7-12)15-16-14(11(3)5-2)13(10-18)19-15/h10-12H,4-9H2,1-3H3. The van der Waals surface area contributed by atoms with E-state index in [9.17, 15) is 4.79 Å². The van der Waals surface area contributed by atoms with Crippen LogP contribution >= 0.6 is 11.3 Å². The summed E-state index contributed by atoms with van der Waals surface area (Å²) in [7, 11) is 0. The number of hydrogen-bond donors (Lipinski definition) is 0. The number of carbonyl (C=O) groups is 1. The maximum Gasteiger partial charge on any atom is 0.186 e. The van der Waals surface area contributed by atoms with Crippen LogP contribution in [0.15, 0.2) is 0 Å². The molecule has 106 valence electrons. The molecule has 0 aromatic carbocycles. The highest BCUT2D eigenvalue weighted by atomic mass is 32.1. The first-order chi connectivity index (χ1) is 9.19. The molecule has 4 heteroatoms. The first-order valence-corrected chi connectivity index (χ1v) is 8.22. The highest BCUT2D eigenvalue weighted by molar-refractivity contribution is 7.17. The molecule has 1 atom stereocenters. The van der Waals surface area contributed by atoms with Gasteiger partial charge in [0.1, 0.15) is 0 Å². The van der Waals surface area contributed by atoms with Crippen molar-refractivity contribution in [2.75, 3.05) is 18.0 Å². The summed E-state index contributed by atoms with van der Waals surface area (Å²) in [4.78, 5) is 19.2. The molecule has 0 amide bonds. The Labute approximate surface area is 120 Å². The van der Waals surface area contributed by atoms with Crippen molar-refractivity contribution in [3.8, 4) is 0 Å². The minimum absolute atomic E-state index is 0.370. The maximum absolute atomic E-state index is 11.2. The van der Waals surface area contributed by atoms with E-state index < -0.39 is 0 Å². The molecule has 0 saturated heterocycles. The lowest BCUT2D eigenvalue weighted by Gasteiger charge is -2.20. The number of nitrogens with zero attached hydrogens (tertiary/aromatic N) is 2. The van der Waals surface area contributed by atoms with Gasteiger partial charge in [-0.2, -0.15) is 0 Å². The summed E-state index contributed by atoms with van der Waals surface area (Å²) in [6.07, 6.45) is 5.83. The Morgan fingerprint density at radius 3 is 2.74 bits per heavy atom. The zero-order valence-electron chi connectivity index (χ0n) is 12.2. The van der Waals surface area contributed by atoms with Gasteiger partial charge in [-0.1, -0.05) is 32.1 Å². The van der Waals surface area contributed by atoms with Crippen LogP contribution in [-0.4, -0.2) is 24.4 Å². The van der Waals surface area contributed by atoms with Crippen molar-refractivity contribution in [3.63, 3.8) is 0 Å². The van der Waals surface area contributed by atoms with Gasteiger partial charge >= 0.3 is 0 Å². The zero-order chi connectivity index (χ0) is 13.8. The molecular formula is C15H24N2OS. The van der Waals surface area contributed by atoms with E-state index in [1.165, 1.54) is 12.8 Å². The van der Waals surface area contributed by atoms with Crippen LogP contribution in [0, 0.1) is 5.92 Å². The molecule has 1 heterocycles. The van der Waals surface area contributed by atoms with E-state index in [0.29, 0.717) is 5.92 Å². The molecule has 2 rings (SSSR count). The van der Waals surface area contributed by atoms with Crippen LogP contribution in [0.2, 0.25) is 0 Å². The van der Waals surface area contributed by atoms with Crippen molar-refractivity contribution in [3.05, 3.63) is 10.6 Å². The fourth-order valence-corrected chi connectivity index (χ4v) is 3.28. The lowest BCUT2D eigenvalue weighted by molar-refractivity contribution is 0.112. The third-order valence-electron chi connectivity index (χ3n) is 3.80. The molecule has 3 nitrogen and oxygen atoms in total. The van der Waals surface area contributed by atoms with Crippen molar-refractivity contribution >= 4 is 22.8 Å². The van der Waals surface area contributed by atoms with Gasteiger partial charge in [-0.05, 0) is 37.5 Å². The molecule has 1 aliphatic carbocycles. The number of hydrogen-bond acceptors (Lipinski definition) is 4. The SMILES string of the molecule is CCCN(CC1CC1)c1nc(C(C)CC)c(C=O)s1. The molecule has 0 bridgehead atoms. The lowest BCUT2D eigenvalue weighted by Crippen LogP contribution is -2.26. The second kappa shape index (κ2) is 6.51. The van der Waals surface area contributed by atoms with Gasteiger partial charge in [0, 0.05) is 13.1 Å². The first kappa shape index (κ1) is 14.5. The van der Waals surface area contributed by atoms with E-state index >= 15 is 0 Å². The first-order valence-electron chi connectivity index (χ1n) is 7.40. The minimum atomic E-state index is 0.370. The van der Waals surface area contributed by atoms with Gasteiger partial charge < -0.3 is 4.90 Å². The van der Waals surface area contributed by atoms with Crippen LogP contribution in [0.5, 0.6) is 0 Å². The van der Waals surface area contributed by atoms with E-state index in [1.54, 1.807) is 11.3 Å². The quantitative estimate of drug-likeness (QED) is 0.672. The number of thiazole rings is 1. The van der Waals surface area contributed by atoms with Gasteiger partial charge in [-0.25, -0.2) is 4.98 Å². The van der Waals surface area contributed by atoms with Crippen molar-refractivity contribution < 1.29 is 4.79 Å². The van der Waals surface area contributed by atoms with Crippen LogP contribution in [0.3, 0.4) is 0 Å². The molecule has 1 aromatic heterocycles. The smallest absolute Gasteiger partial charge is 0.186 e. The van der Waals surface area contributed by atoms with Crippen molar-refractivity contribution in [2.24, 2.45) is 5.92 Å². The Hall–Kier alpha value is -0.900.